The maximum Gasteiger partial charge on any atom is 0.142 e. The van der Waals surface area contributed by atoms with Crippen molar-refractivity contribution in [2.24, 2.45) is 0 Å². The van der Waals surface area contributed by atoms with Crippen LogP contribution in [0.25, 0.3) is 21.9 Å². The number of hydrogen-bond acceptors (Lipinski definition) is 2. The summed E-state index contributed by atoms with van der Waals surface area (Å²) in [4.78, 5) is 0. The summed E-state index contributed by atoms with van der Waals surface area (Å²) < 4.78 is 11.1. The van der Waals surface area contributed by atoms with Crippen molar-refractivity contribution in [2.75, 3.05) is 7.11 Å². The first kappa shape index (κ1) is 9.28. The van der Waals surface area contributed by atoms with Crippen LogP contribution >= 0.6 is 0 Å². The topological polar surface area (TPSA) is 22.4 Å². The minimum Gasteiger partial charge on any atom is -0.496 e. The van der Waals surface area contributed by atoms with Crippen LogP contribution in [0.3, 0.4) is 0 Å². The van der Waals surface area contributed by atoms with Gasteiger partial charge in [-0.05, 0) is 25.1 Å². The Hall–Kier alpha value is -1.96. The van der Waals surface area contributed by atoms with Crippen molar-refractivity contribution in [3.8, 4) is 5.75 Å². The molecule has 16 heavy (non-hydrogen) atoms. The fourth-order valence-electron chi connectivity index (χ4n) is 2.13. The van der Waals surface area contributed by atoms with Crippen LogP contribution in [0.5, 0.6) is 5.75 Å². The maximum atomic E-state index is 5.85. The molecule has 0 fully saturated rings. The van der Waals surface area contributed by atoms with Crippen LogP contribution in [0.4, 0.5) is 0 Å². The van der Waals surface area contributed by atoms with Gasteiger partial charge >= 0.3 is 0 Å². The van der Waals surface area contributed by atoms with E-state index >= 15 is 0 Å². The highest BCUT2D eigenvalue weighted by atomic mass is 16.5. The Kier molecular flexibility index (Phi) is 1.90. The number of furan rings is 1. The van der Waals surface area contributed by atoms with Gasteiger partial charge in [0.1, 0.15) is 16.9 Å². The number of benzene rings is 2. The molecule has 2 heteroatoms. The minimum absolute atomic E-state index is 0.867. The molecule has 2 nitrogen and oxygen atoms in total. The third-order valence-corrected chi connectivity index (χ3v) is 2.97. The third-order valence-electron chi connectivity index (χ3n) is 2.97. The zero-order valence-corrected chi connectivity index (χ0v) is 9.28. The van der Waals surface area contributed by atoms with Gasteiger partial charge in [-0.15, -0.1) is 0 Å². The number of para-hydroxylation sites is 1. The fourth-order valence-corrected chi connectivity index (χ4v) is 2.13. The Morgan fingerprint density at radius 1 is 1.00 bits per heavy atom. The Morgan fingerprint density at radius 3 is 2.62 bits per heavy atom. The van der Waals surface area contributed by atoms with E-state index in [1.807, 2.05) is 37.3 Å². The summed E-state index contributed by atoms with van der Waals surface area (Å²) in [5.41, 5.74) is 2.89. The summed E-state index contributed by atoms with van der Waals surface area (Å²) in [6, 6.07) is 12.1. The monoisotopic (exact) mass is 212 g/mol. The fraction of sp³-hybridized carbons (Fsp3) is 0.143. The molecule has 0 bridgehead atoms. The van der Waals surface area contributed by atoms with E-state index in [1.165, 1.54) is 0 Å². The lowest BCUT2D eigenvalue weighted by Crippen LogP contribution is -1.86. The normalized spacial score (nSPS) is 11.1. The standard InChI is InChI=1S/C14H12O2/c1-9-12(15-2)8-7-11-10-5-3-4-6-13(10)16-14(9)11/h3-8H,1-2H3. The predicted molar refractivity (Wildman–Crippen MR) is 65.0 cm³/mol. The van der Waals surface area contributed by atoms with Crippen LogP contribution in [-0.2, 0) is 0 Å². The Labute approximate surface area is 93.4 Å². The Bertz CT molecular complexity index is 665. The molecular weight excluding hydrogens is 200 g/mol. The molecule has 0 atom stereocenters. The zero-order valence-electron chi connectivity index (χ0n) is 9.28. The predicted octanol–water partition coefficient (Wildman–Crippen LogP) is 3.90. The van der Waals surface area contributed by atoms with Crippen LogP contribution in [0.2, 0.25) is 0 Å². The molecule has 1 aromatic heterocycles. The number of methoxy groups -OCH3 is 1. The third kappa shape index (κ3) is 1.13. The number of rotatable bonds is 1. The molecule has 0 aliphatic carbocycles. The van der Waals surface area contributed by atoms with E-state index in [4.69, 9.17) is 9.15 Å². The van der Waals surface area contributed by atoms with Crippen molar-refractivity contribution in [3.05, 3.63) is 42.0 Å². The van der Waals surface area contributed by atoms with Gasteiger partial charge in [0.15, 0.2) is 0 Å². The Morgan fingerprint density at radius 2 is 1.81 bits per heavy atom. The molecule has 0 aliphatic heterocycles. The average Bonchev–Trinajstić information content (AvgIpc) is 2.69. The molecule has 0 radical (unpaired) electrons. The van der Waals surface area contributed by atoms with Gasteiger partial charge in [-0.3, -0.25) is 0 Å². The summed E-state index contributed by atoms with van der Waals surface area (Å²) in [7, 11) is 1.68. The first-order chi connectivity index (χ1) is 7.81. The largest absolute Gasteiger partial charge is 0.496 e. The number of aryl methyl sites for hydroxylation is 1. The molecule has 0 saturated heterocycles. The SMILES string of the molecule is COc1ccc2c(oc3ccccc32)c1C. The summed E-state index contributed by atoms with van der Waals surface area (Å²) >= 11 is 0. The minimum atomic E-state index is 0.867. The van der Waals surface area contributed by atoms with Crippen molar-refractivity contribution in [3.63, 3.8) is 0 Å². The number of hydrogen-bond donors (Lipinski definition) is 0. The van der Waals surface area contributed by atoms with Crippen molar-refractivity contribution < 1.29 is 9.15 Å². The number of ether oxygens (including phenoxy) is 1. The highest BCUT2D eigenvalue weighted by Crippen LogP contribution is 2.34. The molecular formula is C14H12O2. The quantitative estimate of drug-likeness (QED) is 0.610. The van der Waals surface area contributed by atoms with Gasteiger partial charge in [-0.1, -0.05) is 18.2 Å². The molecule has 0 aliphatic rings. The van der Waals surface area contributed by atoms with Crippen LogP contribution in [-0.4, -0.2) is 7.11 Å². The highest BCUT2D eigenvalue weighted by molar-refractivity contribution is 6.06. The lowest BCUT2D eigenvalue weighted by Gasteiger charge is -2.03. The summed E-state index contributed by atoms with van der Waals surface area (Å²) in [5, 5.41) is 2.30. The van der Waals surface area contributed by atoms with E-state index in [9.17, 15) is 0 Å². The van der Waals surface area contributed by atoms with Gasteiger partial charge < -0.3 is 9.15 Å². The number of fused-ring (bicyclic) bond motifs is 3. The average molecular weight is 212 g/mol. The van der Waals surface area contributed by atoms with E-state index in [0.717, 1.165) is 33.3 Å². The molecule has 3 rings (SSSR count). The van der Waals surface area contributed by atoms with Gasteiger partial charge in [0.05, 0.1) is 7.11 Å². The lowest BCUT2D eigenvalue weighted by atomic mass is 10.1. The van der Waals surface area contributed by atoms with Gasteiger partial charge in [-0.2, -0.15) is 0 Å². The van der Waals surface area contributed by atoms with Crippen LogP contribution in [0, 0.1) is 6.92 Å². The van der Waals surface area contributed by atoms with Gasteiger partial charge in [0, 0.05) is 16.3 Å². The molecule has 0 amide bonds. The molecule has 1 heterocycles. The summed E-state index contributed by atoms with van der Waals surface area (Å²) in [5.74, 6) is 0.867. The summed E-state index contributed by atoms with van der Waals surface area (Å²) in [6.07, 6.45) is 0. The van der Waals surface area contributed by atoms with E-state index in [0.29, 0.717) is 0 Å². The second kappa shape index (κ2) is 3.27. The van der Waals surface area contributed by atoms with Gasteiger partial charge in [0.2, 0.25) is 0 Å². The summed E-state index contributed by atoms with van der Waals surface area (Å²) in [6.45, 7) is 2.02. The van der Waals surface area contributed by atoms with E-state index < -0.39 is 0 Å². The molecule has 0 N–H and O–H groups in total. The van der Waals surface area contributed by atoms with E-state index in [2.05, 4.69) is 6.07 Å². The first-order valence-electron chi connectivity index (χ1n) is 5.26. The molecule has 2 aromatic carbocycles. The van der Waals surface area contributed by atoms with Gasteiger partial charge in [0.25, 0.3) is 0 Å². The van der Waals surface area contributed by atoms with Crippen molar-refractivity contribution in [1.82, 2.24) is 0 Å². The highest BCUT2D eigenvalue weighted by Gasteiger charge is 2.11. The van der Waals surface area contributed by atoms with Crippen LogP contribution in [0.1, 0.15) is 5.56 Å². The first-order valence-corrected chi connectivity index (χ1v) is 5.26. The molecule has 0 saturated carbocycles. The van der Waals surface area contributed by atoms with Crippen LogP contribution in [0.15, 0.2) is 40.8 Å². The molecule has 80 valence electrons. The van der Waals surface area contributed by atoms with Crippen molar-refractivity contribution in [1.29, 1.82) is 0 Å². The second-order valence-corrected chi connectivity index (χ2v) is 3.87. The van der Waals surface area contributed by atoms with Gasteiger partial charge in [-0.25, -0.2) is 0 Å². The zero-order chi connectivity index (χ0) is 11.1. The molecule has 0 spiro atoms. The maximum absolute atomic E-state index is 5.85. The lowest BCUT2D eigenvalue weighted by molar-refractivity contribution is 0.411. The van der Waals surface area contributed by atoms with E-state index in [1.54, 1.807) is 7.11 Å². The second-order valence-electron chi connectivity index (χ2n) is 3.87. The molecule has 0 unspecified atom stereocenters. The van der Waals surface area contributed by atoms with E-state index in [-0.39, 0.29) is 0 Å². The van der Waals surface area contributed by atoms with Crippen molar-refractivity contribution in [2.45, 2.75) is 6.92 Å². The molecule has 3 aromatic rings. The Balaban J connectivity index is 2.49. The van der Waals surface area contributed by atoms with Crippen molar-refractivity contribution >= 4 is 21.9 Å². The van der Waals surface area contributed by atoms with Crippen LogP contribution < -0.4 is 4.74 Å². The smallest absolute Gasteiger partial charge is 0.142 e.